The molecule has 0 radical (unpaired) electrons. The van der Waals surface area contributed by atoms with Crippen LogP contribution in [0.4, 0.5) is 18.9 Å². The first-order chi connectivity index (χ1) is 12.1. The van der Waals surface area contributed by atoms with Crippen LogP contribution in [0.15, 0.2) is 42.5 Å². The molecule has 26 heavy (non-hydrogen) atoms. The van der Waals surface area contributed by atoms with Crippen molar-refractivity contribution >= 4 is 29.2 Å². The molecule has 0 aromatic heterocycles. The molecule has 0 heterocycles. The van der Waals surface area contributed by atoms with Crippen LogP contribution in [-0.2, 0) is 17.4 Å². The molecule has 2 N–H and O–H groups in total. The Hall–Kier alpha value is -2.54. The van der Waals surface area contributed by atoms with Gasteiger partial charge in [-0.1, -0.05) is 30.7 Å². The van der Waals surface area contributed by atoms with Crippen molar-refractivity contribution in [1.29, 1.82) is 0 Å². The summed E-state index contributed by atoms with van der Waals surface area (Å²) in [6.45, 7) is 1.61. The molecule has 0 spiro atoms. The number of carbonyl (C=O) groups excluding carboxylic acids is 1. The number of alkyl halides is 3. The lowest BCUT2D eigenvalue weighted by Gasteiger charge is -2.14. The highest BCUT2D eigenvalue weighted by molar-refractivity contribution is 6.33. The lowest BCUT2D eigenvalue weighted by Crippen LogP contribution is -2.22. The van der Waals surface area contributed by atoms with Crippen LogP contribution >= 0.6 is 11.6 Å². The van der Waals surface area contributed by atoms with Gasteiger partial charge in [0.15, 0.2) is 0 Å². The molecule has 0 aliphatic heterocycles. The van der Waals surface area contributed by atoms with Crippen LogP contribution in [0, 0.1) is 5.92 Å². The van der Waals surface area contributed by atoms with E-state index < -0.39 is 29.5 Å². The van der Waals surface area contributed by atoms with Gasteiger partial charge < -0.3 is 10.4 Å². The lowest BCUT2D eigenvalue weighted by molar-refractivity contribution is -0.137. The van der Waals surface area contributed by atoms with Gasteiger partial charge in [-0.05, 0) is 42.3 Å². The fourth-order valence-corrected chi connectivity index (χ4v) is 2.45. The molecule has 2 rings (SSSR count). The Morgan fingerprint density at radius 1 is 1.15 bits per heavy atom. The fraction of sp³-hybridized carbons (Fsp3) is 0.222. The van der Waals surface area contributed by atoms with Crippen molar-refractivity contribution in [3.63, 3.8) is 0 Å². The Morgan fingerprint density at radius 3 is 2.31 bits per heavy atom. The van der Waals surface area contributed by atoms with Crippen LogP contribution in [0.2, 0.25) is 5.02 Å². The van der Waals surface area contributed by atoms with Crippen LogP contribution in [0.1, 0.15) is 28.4 Å². The van der Waals surface area contributed by atoms with Crippen LogP contribution < -0.4 is 5.32 Å². The van der Waals surface area contributed by atoms with Crippen molar-refractivity contribution in [2.75, 3.05) is 5.32 Å². The first kappa shape index (κ1) is 19.8. The van der Waals surface area contributed by atoms with Crippen LogP contribution in [0.3, 0.4) is 0 Å². The van der Waals surface area contributed by atoms with Gasteiger partial charge in [0.05, 0.1) is 21.8 Å². The SMILES string of the molecule is CC(Cc1ccc(C(F)(F)F)cc1)C(=O)Nc1cc(C(=O)O)ccc1Cl. The van der Waals surface area contributed by atoms with Gasteiger partial charge in [0.2, 0.25) is 5.91 Å². The zero-order valence-electron chi connectivity index (χ0n) is 13.6. The van der Waals surface area contributed by atoms with E-state index in [1.807, 2.05) is 0 Å². The van der Waals surface area contributed by atoms with Gasteiger partial charge in [-0.2, -0.15) is 13.2 Å². The molecule has 0 fully saturated rings. The molecule has 2 aromatic rings. The number of amides is 1. The van der Waals surface area contributed by atoms with Crippen molar-refractivity contribution in [2.45, 2.75) is 19.5 Å². The minimum Gasteiger partial charge on any atom is -0.478 e. The fourth-order valence-electron chi connectivity index (χ4n) is 2.29. The summed E-state index contributed by atoms with van der Waals surface area (Å²) in [6.07, 6.45) is -4.19. The van der Waals surface area contributed by atoms with E-state index in [0.29, 0.717) is 5.56 Å². The van der Waals surface area contributed by atoms with E-state index >= 15 is 0 Å². The molecule has 0 saturated heterocycles. The van der Waals surface area contributed by atoms with Crippen molar-refractivity contribution in [3.8, 4) is 0 Å². The normalized spacial score (nSPS) is 12.5. The summed E-state index contributed by atoms with van der Waals surface area (Å²) in [5.74, 6) is -2.14. The van der Waals surface area contributed by atoms with Gasteiger partial charge in [-0.25, -0.2) is 4.79 Å². The first-order valence-corrected chi connectivity index (χ1v) is 7.95. The number of hydrogen-bond acceptors (Lipinski definition) is 2. The van der Waals surface area contributed by atoms with Gasteiger partial charge >= 0.3 is 12.1 Å². The molecule has 0 bridgehead atoms. The minimum atomic E-state index is -4.41. The molecule has 8 heteroatoms. The molecule has 0 saturated carbocycles. The highest BCUT2D eigenvalue weighted by Gasteiger charge is 2.30. The number of hydrogen-bond donors (Lipinski definition) is 2. The molecule has 0 aliphatic carbocycles. The largest absolute Gasteiger partial charge is 0.478 e. The number of carboxylic acid groups (broad SMARTS) is 1. The van der Waals surface area contributed by atoms with E-state index in [-0.39, 0.29) is 22.7 Å². The Bertz CT molecular complexity index is 819. The molecule has 1 atom stereocenters. The highest BCUT2D eigenvalue weighted by Crippen LogP contribution is 2.29. The topological polar surface area (TPSA) is 66.4 Å². The molecular formula is C18H15ClF3NO3. The van der Waals surface area contributed by atoms with E-state index in [2.05, 4.69) is 5.32 Å². The second-order valence-corrected chi connectivity index (χ2v) is 6.20. The third kappa shape index (κ3) is 4.98. The molecule has 138 valence electrons. The average molecular weight is 386 g/mol. The number of carbonyl (C=O) groups is 2. The summed E-state index contributed by atoms with van der Waals surface area (Å²) in [6, 6.07) is 8.50. The monoisotopic (exact) mass is 385 g/mol. The van der Waals surface area contributed by atoms with Crippen LogP contribution in [0.5, 0.6) is 0 Å². The summed E-state index contributed by atoms with van der Waals surface area (Å²) >= 11 is 5.96. The summed E-state index contributed by atoms with van der Waals surface area (Å²) in [5.41, 5.74) is -0.0439. The molecule has 1 amide bonds. The summed E-state index contributed by atoms with van der Waals surface area (Å²) in [4.78, 5) is 23.3. The Kier molecular flexibility index (Phi) is 5.92. The van der Waals surface area contributed by atoms with Gasteiger partial charge in [-0.3, -0.25) is 4.79 Å². The van der Waals surface area contributed by atoms with E-state index in [1.165, 1.54) is 30.3 Å². The van der Waals surface area contributed by atoms with E-state index in [4.69, 9.17) is 16.7 Å². The maximum atomic E-state index is 12.6. The second-order valence-electron chi connectivity index (χ2n) is 5.79. The number of aromatic carboxylic acids is 1. The number of nitrogens with one attached hydrogen (secondary N) is 1. The molecule has 2 aromatic carbocycles. The molecule has 1 unspecified atom stereocenters. The van der Waals surface area contributed by atoms with Crippen molar-refractivity contribution < 1.29 is 27.9 Å². The van der Waals surface area contributed by atoms with E-state index in [0.717, 1.165) is 12.1 Å². The quantitative estimate of drug-likeness (QED) is 0.771. The average Bonchev–Trinajstić information content (AvgIpc) is 2.56. The number of carboxylic acids is 1. The Morgan fingerprint density at radius 2 is 1.77 bits per heavy atom. The number of benzene rings is 2. The van der Waals surface area contributed by atoms with Gasteiger partial charge in [0.25, 0.3) is 0 Å². The zero-order valence-corrected chi connectivity index (χ0v) is 14.4. The zero-order chi connectivity index (χ0) is 19.5. The first-order valence-electron chi connectivity index (χ1n) is 7.58. The predicted octanol–water partition coefficient (Wildman–Crippen LogP) is 4.87. The summed E-state index contributed by atoms with van der Waals surface area (Å²) in [7, 11) is 0. The van der Waals surface area contributed by atoms with Crippen molar-refractivity contribution in [2.24, 2.45) is 5.92 Å². The molecule has 4 nitrogen and oxygen atoms in total. The second kappa shape index (κ2) is 7.78. The maximum absolute atomic E-state index is 12.6. The standard InChI is InChI=1S/C18H15ClF3NO3/c1-10(8-11-2-5-13(6-3-11)18(20,21)22)16(24)23-15-9-12(17(25)26)4-7-14(15)19/h2-7,9-10H,8H2,1H3,(H,23,24)(H,25,26). The van der Waals surface area contributed by atoms with Gasteiger partial charge in [0.1, 0.15) is 0 Å². The van der Waals surface area contributed by atoms with Gasteiger partial charge in [-0.15, -0.1) is 0 Å². The van der Waals surface area contributed by atoms with Crippen LogP contribution in [0.25, 0.3) is 0 Å². The lowest BCUT2D eigenvalue weighted by atomic mass is 9.99. The maximum Gasteiger partial charge on any atom is 0.416 e. The third-order valence-corrected chi connectivity index (χ3v) is 4.07. The van der Waals surface area contributed by atoms with E-state index in [1.54, 1.807) is 6.92 Å². The predicted molar refractivity (Wildman–Crippen MR) is 91.4 cm³/mol. The third-order valence-electron chi connectivity index (χ3n) is 3.74. The Labute approximate surface area is 152 Å². The molecular weight excluding hydrogens is 371 g/mol. The number of anilines is 1. The van der Waals surface area contributed by atoms with E-state index in [9.17, 15) is 22.8 Å². The van der Waals surface area contributed by atoms with Gasteiger partial charge in [0, 0.05) is 5.92 Å². The molecule has 0 aliphatic rings. The van der Waals surface area contributed by atoms with Crippen molar-refractivity contribution in [3.05, 3.63) is 64.2 Å². The smallest absolute Gasteiger partial charge is 0.416 e. The van der Waals surface area contributed by atoms with Crippen molar-refractivity contribution in [1.82, 2.24) is 0 Å². The Balaban J connectivity index is 2.06. The highest BCUT2D eigenvalue weighted by atomic mass is 35.5. The minimum absolute atomic E-state index is 0.0277. The summed E-state index contributed by atoms with van der Waals surface area (Å²) < 4.78 is 37.7. The summed E-state index contributed by atoms with van der Waals surface area (Å²) in [5, 5.41) is 11.7. The number of halogens is 4. The van der Waals surface area contributed by atoms with Crippen LogP contribution in [-0.4, -0.2) is 17.0 Å². The number of rotatable bonds is 5.